The molecule has 4 atom stereocenters. The number of alkyl halides is 2. The Morgan fingerprint density at radius 2 is 2.20 bits per heavy atom. The average molecular weight is 325 g/mol. The molecule has 0 unspecified atom stereocenters. The predicted molar refractivity (Wildman–Crippen MR) is 73.9 cm³/mol. The third kappa shape index (κ3) is 2.29. The van der Waals surface area contributed by atoms with E-state index in [4.69, 9.17) is 27.9 Å². The Balaban J connectivity index is 2.47. The van der Waals surface area contributed by atoms with Crippen LogP contribution in [0, 0.1) is 11.7 Å². The summed E-state index contributed by atoms with van der Waals surface area (Å²) in [6.45, 7) is 3.78. The number of ether oxygens (including phenoxy) is 1. The summed E-state index contributed by atoms with van der Waals surface area (Å²) < 4.78 is 20.2. The fraction of sp³-hybridized carbons (Fsp3) is 0.667. The van der Waals surface area contributed by atoms with Crippen molar-refractivity contribution in [1.29, 1.82) is 0 Å². The summed E-state index contributed by atoms with van der Waals surface area (Å²) in [7, 11) is 0. The molecule has 20 heavy (non-hydrogen) atoms. The smallest absolute Gasteiger partial charge is 0.330 e. The van der Waals surface area contributed by atoms with Crippen LogP contribution < -0.4 is 11.2 Å². The standard InChI is InChI=1S/C12H15Cl2FN2O3/c1-3-12(5-13)6(2)8(14)10(20-12)17-4-7(15)9(18)16-11(17)19/h4,6,8,10H,3,5H2,1-2H3,(H,16,18,19)/t6-,8+,10+,12-/m0/s1. The molecule has 0 spiro atoms. The fourth-order valence-corrected chi connectivity index (χ4v) is 3.36. The molecule has 2 heterocycles. The first-order chi connectivity index (χ1) is 9.36. The van der Waals surface area contributed by atoms with Gasteiger partial charge in [-0.15, -0.1) is 23.2 Å². The van der Waals surface area contributed by atoms with E-state index < -0.39 is 34.3 Å². The van der Waals surface area contributed by atoms with Gasteiger partial charge < -0.3 is 4.74 Å². The lowest BCUT2D eigenvalue weighted by atomic mass is 9.88. The Morgan fingerprint density at radius 1 is 1.55 bits per heavy atom. The Bertz CT molecular complexity index is 611. The van der Waals surface area contributed by atoms with Crippen LogP contribution in [-0.4, -0.2) is 26.4 Å². The van der Waals surface area contributed by atoms with Gasteiger partial charge in [-0.05, 0) is 6.42 Å². The summed E-state index contributed by atoms with van der Waals surface area (Å²) >= 11 is 12.3. The van der Waals surface area contributed by atoms with Crippen molar-refractivity contribution in [1.82, 2.24) is 9.55 Å². The number of nitrogens with one attached hydrogen (secondary N) is 1. The first kappa shape index (κ1) is 15.5. The Labute approximate surface area is 124 Å². The van der Waals surface area contributed by atoms with Crippen LogP contribution >= 0.6 is 23.2 Å². The van der Waals surface area contributed by atoms with E-state index >= 15 is 0 Å². The van der Waals surface area contributed by atoms with E-state index in [1.54, 1.807) is 0 Å². The van der Waals surface area contributed by atoms with Gasteiger partial charge in [0.05, 0.1) is 23.1 Å². The van der Waals surface area contributed by atoms with Gasteiger partial charge in [0.15, 0.2) is 6.23 Å². The number of rotatable bonds is 3. The fourth-order valence-electron chi connectivity index (χ4n) is 2.46. The molecule has 1 N–H and O–H groups in total. The minimum Gasteiger partial charge on any atom is -0.348 e. The van der Waals surface area contributed by atoms with Crippen molar-refractivity contribution < 1.29 is 9.13 Å². The number of aromatic nitrogens is 2. The highest BCUT2D eigenvalue weighted by atomic mass is 35.5. The average Bonchev–Trinajstić information content (AvgIpc) is 2.68. The number of H-pyrrole nitrogens is 1. The largest absolute Gasteiger partial charge is 0.348 e. The van der Waals surface area contributed by atoms with Crippen molar-refractivity contribution in [2.24, 2.45) is 5.92 Å². The first-order valence-electron chi connectivity index (χ1n) is 6.25. The molecule has 0 radical (unpaired) electrons. The van der Waals surface area contributed by atoms with Crippen LogP contribution in [0.1, 0.15) is 26.5 Å². The second kappa shape index (κ2) is 5.50. The molecule has 1 saturated heterocycles. The molecule has 0 aromatic carbocycles. The zero-order valence-electron chi connectivity index (χ0n) is 11.0. The van der Waals surface area contributed by atoms with Crippen molar-refractivity contribution in [3.63, 3.8) is 0 Å². The molecule has 1 aliphatic heterocycles. The number of aromatic amines is 1. The van der Waals surface area contributed by atoms with Crippen LogP contribution in [0.25, 0.3) is 0 Å². The highest BCUT2D eigenvalue weighted by Crippen LogP contribution is 2.46. The van der Waals surface area contributed by atoms with Crippen LogP contribution in [0.15, 0.2) is 15.8 Å². The van der Waals surface area contributed by atoms with Gasteiger partial charge in [0.1, 0.15) is 0 Å². The van der Waals surface area contributed by atoms with Crippen LogP contribution in [0.2, 0.25) is 0 Å². The summed E-state index contributed by atoms with van der Waals surface area (Å²) in [6, 6.07) is 0. The molecule has 1 aromatic rings. The summed E-state index contributed by atoms with van der Waals surface area (Å²) in [6.07, 6.45) is 0.551. The van der Waals surface area contributed by atoms with Crippen molar-refractivity contribution in [3.05, 3.63) is 32.9 Å². The topological polar surface area (TPSA) is 64.1 Å². The van der Waals surface area contributed by atoms with Gasteiger partial charge in [-0.3, -0.25) is 14.3 Å². The lowest BCUT2D eigenvalue weighted by Crippen LogP contribution is -2.37. The zero-order valence-corrected chi connectivity index (χ0v) is 12.5. The maximum Gasteiger partial charge on any atom is 0.330 e. The summed E-state index contributed by atoms with van der Waals surface area (Å²) in [5.41, 5.74) is -2.51. The molecule has 1 aliphatic rings. The van der Waals surface area contributed by atoms with Gasteiger partial charge in [0, 0.05) is 5.92 Å². The maximum absolute atomic E-state index is 13.4. The molecular weight excluding hydrogens is 310 g/mol. The molecule has 0 saturated carbocycles. The van der Waals surface area contributed by atoms with E-state index in [1.807, 2.05) is 18.8 Å². The number of hydrogen-bond acceptors (Lipinski definition) is 3. The predicted octanol–water partition coefficient (Wildman–Crippen LogP) is 1.84. The Morgan fingerprint density at radius 3 is 2.70 bits per heavy atom. The van der Waals surface area contributed by atoms with Gasteiger partial charge in [-0.25, -0.2) is 4.79 Å². The van der Waals surface area contributed by atoms with Gasteiger partial charge in [-0.1, -0.05) is 13.8 Å². The van der Waals surface area contributed by atoms with Crippen LogP contribution in [0.5, 0.6) is 0 Å². The second-order valence-corrected chi connectivity index (χ2v) is 5.71. The molecule has 0 amide bonds. The minimum atomic E-state index is -1.07. The van der Waals surface area contributed by atoms with Crippen molar-refractivity contribution in [2.45, 2.75) is 37.5 Å². The van der Waals surface area contributed by atoms with Gasteiger partial charge in [-0.2, -0.15) is 4.39 Å². The third-order valence-electron chi connectivity index (χ3n) is 3.96. The highest BCUT2D eigenvalue weighted by molar-refractivity contribution is 6.22. The first-order valence-corrected chi connectivity index (χ1v) is 7.22. The molecule has 1 aromatic heterocycles. The lowest BCUT2D eigenvalue weighted by molar-refractivity contribution is -0.0726. The van der Waals surface area contributed by atoms with E-state index in [0.29, 0.717) is 6.42 Å². The van der Waals surface area contributed by atoms with Gasteiger partial charge in [0.25, 0.3) is 5.56 Å². The molecular formula is C12H15Cl2FN2O3. The molecule has 0 bridgehead atoms. The molecule has 5 nitrogen and oxygen atoms in total. The number of nitrogens with zero attached hydrogens (tertiary/aromatic N) is 1. The van der Waals surface area contributed by atoms with E-state index in [9.17, 15) is 14.0 Å². The highest BCUT2D eigenvalue weighted by Gasteiger charge is 2.51. The zero-order chi connectivity index (χ0) is 15.1. The Hall–Kier alpha value is -0.850. The van der Waals surface area contributed by atoms with E-state index in [1.165, 1.54) is 0 Å². The summed E-state index contributed by atoms with van der Waals surface area (Å²) in [5.74, 6) is -0.978. The van der Waals surface area contributed by atoms with Gasteiger partial charge >= 0.3 is 5.69 Å². The normalized spacial score (nSPS) is 33.5. The maximum atomic E-state index is 13.4. The molecule has 112 valence electrons. The van der Waals surface area contributed by atoms with Gasteiger partial charge in [0.2, 0.25) is 5.82 Å². The molecule has 8 heteroatoms. The summed E-state index contributed by atoms with van der Waals surface area (Å²) in [4.78, 5) is 24.7. The van der Waals surface area contributed by atoms with Crippen molar-refractivity contribution in [3.8, 4) is 0 Å². The van der Waals surface area contributed by atoms with Crippen molar-refractivity contribution >= 4 is 23.2 Å². The lowest BCUT2D eigenvalue weighted by Gasteiger charge is -2.29. The number of halogens is 3. The van der Waals surface area contributed by atoms with Crippen molar-refractivity contribution in [2.75, 3.05) is 5.88 Å². The SMILES string of the molecule is CC[C@@]1(CCl)O[C@@H](n2cc(F)c(=O)[nH]c2=O)[C@H](Cl)[C@@H]1C. The third-order valence-corrected chi connectivity index (χ3v) is 5.00. The van der Waals surface area contributed by atoms with Crippen LogP contribution in [-0.2, 0) is 4.74 Å². The molecule has 2 rings (SSSR count). The van der Waals surface area contributed by atoms with E-state index in [2.05, 4.69) is 0 Å². The molecule has 0 aliphatic carbocycles. The summed E-state index contributed by atoms with van der Waals surface area (Å²) in [5, 5.41) is -0.559. The number of hydrogen-bond donors (Lipinski definition) is 1. The van der Waals surface area contributed by atoms with E-state index in [-0.39, 0.29) is 11.8 Å². The quantitative estimate of drug-likeness (QED) is 0.863. The minimum absolute atomic E-state index is 0.126. The van der Waals surface area contributed by atoms with Crippen LogP contribution in [0.4, 0.5) is 4.39 Å². The monoisotopic (exact) mass is 324 g/mol. The van der Waals surface area contributed by atoms with Crippen LogP contribution in [0.3, 0.4) is 0 Å². The second-order valence-electron chi connectivity index (χ2n) is 4.94. The van der Waals surface area contributed by atoms with E-state index in [0.717, 1.165) is 10.8 Å². The molecule has 1 fully saturated rings. The Kier molecular flexibility index (Phi) is 4.27.